The van der Waals surface area contributed by atoms with Gasteiger partial charge in [0.2, 0.25) is 0 Å². The van der Waals surface area contributed by atoms with E-state index in [9.17, 15) is 4.79 Å². The quantitative estimate of drug-likeness (QED) is 0.798. The Bertz CT molecular complexity index is 413. The number of aryl methyl sites for hydroxylation is 1. The highest BCUT2D eigenvalue weighted by Gasteiger charge is 2.17. The van der Waals surface area contributed by atoms with Gasteiger partial charge < -0.3 is 10.5 Å². The molecule has 1 unspecified atom stereocenters. The van der Waals surface area contributed by atoms with Crippen molar-refractivity contribution in [3.8, 4) is 5.75 Å². The maximum Gasteiger partial charge on any atom is 0.166 e. The van der Waals surface area contributed by atoms with Crippen molar-refractivity contribution in [2.75, 3.05) is 13.7 Å². The zero-order valence-electron chi connectivity index (χ0n) is 11.0. The Morgan fingerprint density at radius 3 is 2.59 bits per heavy atom. The van der Waals surface area contributed by atoms with E-state index in [2.05, 4.69) is 0 Å². The van der Waals surface area contributed by atoms with E-state index >= 15 is 0 Å². The standard InChI is InChI=1S/C14H21NO2/c1-9(8-15)7-13(16)12-6-5-10(2)11(3)14(12)17-4/h5-6,9H,7-8,15H2,1-4H3. The Labute approximate surface area is 103 Å². The van der Waals surface area contributed by atoms with Gasteiger partial charge in [0.25, 0.3) is 0 Å². The molecular formula is C14H21NO2. The van der Waals surface area contributed by atoms with Crippen LogP contribution in [0.3, 0.4) is 0 Å². The van der Waals surface area contributed by atoms with Crippen molar-refractivity contribution in [3.63, 3.8) is 0 Å². The van der Waals surface area contributed by atoms with Crippen molar-refractivity contribution in [1.29, 1.82) is 0 Å². The van der Waals surface area contributed by atoms with Crippen LogP contribution in [0.15, 0.2) is 12.1 Å². The Hall–Kier alpha value is -1.35. The maximum absolute atomic E-state index is 12.1. The Kier molecular flexibility index (Phi) is 4.70. The van der Waals surface area contributed by atoms with E-state index in [1.54, 1.807) is 7.11 Å². The summed E-state index contributed by atoms with van der Waals surface area (Å²) in [6.07, 6.45) is 0.468. The molecule has 0 saturated carbocycles. The van der Waals surface area contributed by atoms with Crippen molar-refractivity contribution < 1.29 is 9.53 Å². The van der Waals surface area contributed by atoms with Gasteiger partial charge in [0.05, 0.1) is 12.7 Å². The molecule has 3 heteroatoms. The zero-order valence-corrected chi connectivity index (χ0v) is 11.0. The normalized spacial score (nSPS) is 12.3. The SMILES string of the molecule is COc1c(C(=O)CC(C)CN)ccc(C)c1C. The fraction of sp³-hybridized carbons (Fsp3) is 0.500. The predicted molar refractivity (Wildman–Crippen MR) is 69.6 cm³/mol. The van der Waals surface area contributed by atoms with Crippen molar-refractivity contribution in [3.05, 3.63) is 28.8 Å². The van der Waals surface area contributed by atoms with Gasteiger partial charge in [0.15, 0.2) is 5.78 Å². The second-order valence-electron chi connectivity index (χ2n) is 4.56. The molecule has 0 radical (unpaired) electrons. The molecule has 17 heavy (non-hydrogen) atoms. The van der Waals surface area contributed by atoms with E-state index in [4.69, 9.17) is 10.5 Å². The van der Waals surface area contributed by atoms with Crippen molar-refractivity contribution in [2.24, 2.45) is 11.7 Å². The van der Waals surface area contributed by atoms with Crippen LogP contribution >= 0.6 is 0 Å². The monoisotopic (exact) mass is 235 g/mol. The fourth-order valence-corrected chi connectivity index (χ4v) is 1.78. The summed E-state index contributed by atoms with van der Waals surface area (Å²) in [5.74, 6) is 0.996. The van der Waals surface area contributed by atoms with Crippen molar-refractivity contribution in [1.82, 2.24) is 0 Å². The minimum Gasteiger partial charge on any atom is -0.496 e. The summed E-state index contributed by atoms with van der Waals surface area (Å²) in [5, 5.41) is 0. The van der Waals surface area contributed by atoms with E-state index in [1.807, 2.05) is 32.9 Å². The van der Waals surface area contributed by atoms with Crippen LogP contribution in [0.2, 0.25) is 0 Å². The second-order valence-corrected chi connectivity index (χ2v) is 4.56. The molecule has 2 N–H and O–H groups in total. The fourth-order valence-electron chi connectivity index (χ4n) is 1.78. The highest BCUT2D eigenvalue weighted by molar-refractivity contribution is 5.99. The van der Waals surface area contributed by atoms with Crippen LogP contribution in [0, 0.1) is 19.8 Å². The van der Waals surface area contributed by atoms with Crippen LogP contribution in [0.5, 0.6) is 5.75 Å². The molecule has 0 saturated heterocycles. The van der Waals surface area contributed by atoms with Crippen LogP contribution in [0.4, 0.5) is 0 Å². The van der Waals surface area contributed by atoms with E-state index in [-0.39, 0.29) is 11.7 Å². The molecule has 1 atom stereocenters. The van der Waals surface area contributed by atoms with Gasteiger partial charge in [0, 0.05) is 6.42 Å². The van der Waals surface area contributed by atoms with Crippen LogP contribution in [0.25, 0.3) is 0 Å². The van der Waals surface area contributed by atoms with Gasteiger partial charge in [-0.3, -0.25) is 4.79 Å². The molecule has 3 nitrogen and oxygen atoms in total. The molecule has 0 spiro atoms. The molecule has 0 fully saturated rings. The van der Waals surface area contributed by atoms with Crippen LogP contribution in [-0.4, -0.2) is 19.4 Å². The number of hydrogen-bond donors (Lipinski definition) is 1. The van der Waals surface area contributed by atoms with Crippen LogP contribution < -0.4 is 10.5 Å². The molecule has 0 aliphatic heterocycles. The van der Waals surface area contributed by atoms with E-state index in [0.717, 1.165) is 11.1 Å². The highest BCUT2D eigenvalue weighted by Crippen LogP contribution is 2.27. The molecule has 1 aromatic carbocycles. The van der Waals surface area contributed by atoms with E-state index in [1.165, 1.54) is 0 Å². The number of ether oxygens (including phenoxy) is 1. The second kappa shape index (κ2) is 5.82. The first-order valence-corrected chi connectivity index (χ1v) is 5.88. The summed E-state index contributed by atoms with van der Waals surface area (Å²) in [5.41, 5.74) is 8.36. The van der Waals surface area contributed by atoms with E-state index in [0.29, 0.717) is 24.3 Å². The third-order valence-electron chi connectivity index (χ3n) is 3.12. The van der Waals surface area contributed by atoms with Gasteiger partial charge >= 0.3 is 0 Å². The number of benzene rings is 1. The number of carbonyl (C=O) groups excluding carboxylic acids is 1. The minimum atomic E-state index is 0.0999. The topological polar surface area (TPSA) is 52.3 Å². The number of hydrogen-bond acceptors (Lipinski definition) is 3. The minimum absolute atomic E-state index is 0.0999. The third kappa shape index (κ3) is 3.07. The average molecular weight is 235 g/mol. The average Bonchev–Trinajstić information content (AvgIpc) is 2.31. The maximum atomic E-state index is 12.1. The molecule has 0 aliphatic carbocycles. The highest BCUT2D eigenvalue weighted by atomic mass is 16.5. The predicted octanol–water partition coefficient (Wildman–Crippen LogP) is 2.48. The number of ketones is 1. The lowest BCUT2D eigenvalue weighted by atomic mass is 9.96. The number of rotatable bonds is 5. The summed E-state index contributed by atoms with van der Waals surface area (Å²) in [6.45, 7) is 6.48. The number of nitrogens with two attached hydrogens (primary N) is 1. The Morgan fingerprint density at radius 1 is 1.41 bits per heavy atom. The first-order valence-electron chi connectivity index (χ1n) is 5.88. The molecule has 1 aromatic rings. The van der Waals surface area contributed by atoms with Crippen LogP contribution in [0.1, 0.15) is 34.8 Å². The molecular weight excluding hydrogens is 214 g/mol. The van der Waals surface area contributed by atoms with Gasteiger partial charge in [-0.05, 0) is 43.5 Å². The Morgan fingerprint density at radius 2 is 2.06 bits per heavy atom. The summed E-state index contributed by atoms with van der Waals surface area (Å²) in [6, 6.07) is 3.80. The molecule has 0 aliphatic rings. The smallest absolute Gasteiger partial charge is 0.166 e. The molecule has 0 aromatic heterocycles. The molecule has 1 rings (SSSR count). The summed E-state index contributed by atoms with van der Waals surface area (Å²) in [4.78, 5) is 12.1. The van der Waals surface area contributed by atoms with Gasteiger partial charge in [-0.2, -0.15) is 0 Å². The van der Waals surface area contributed by atoms with Crippen molar-refractivity contribution >= 4 is 5.78 Å². The first-order chi connectivity index (χ1) is 8.01. The lowest BCUT2D eigenvalue weighted by Gasteiger charge is -2.14. The number of methoxy groups -OCH3 is 1. The lowest BCUT2D eigenvalue weighted by Crippen LogP contribution is -2.16. The Balaban J connectivity index is 3.05. The van der Waals surface area contributed by atoms with Gasteiger partial charge in [-0.15, -0.1) is 0 Å². The van der Waals surface area contributed by atoms with Crippen molar-refractivity contribution in [2.45, 2.75) is 27.2 Å². The largest absolute Gasteiger partial charge is 0.496 e. The molecule has 0 bridgehead atoms. The molecule has 0 amide bonds. The van der Waals surface area contributed by atoms with Gasteiger partial charge in [-0.25, -0.2) is 0 Å². The number of Topliss-reactive ketones (excluding diaryl/α,β-unsaturated/α-hetero) is 1. The third-order valence-corrected chi connectivity index (χ3v) is 3.12. The first kappa shape index (κ1) is 13.7. The summed E-state index contributed by atoms with van der Waals surface area (Å²) in [7, 11) is 1.60. The zero-order chi connectivity index (χ0) is 13.0. The van der Waals surface area contributed by atoms with Gasteiger partial charge in [-0.1, -0.05) is 13.0 Å². The van der Waals surface area contributed by atoms with Gasteiger partial charge in [0.1, 0.15) is 5.75 Å². The number of carbonyl (C=O) groups is 1. The molecule has 94 valence electrons. The lowest BCUT2D eigenvalue weighted by molar-refractivity contribution is 0.0962. The van der Waals surface area contributed by atoms with E-state index < -0.39 is 0 Å². The molecule has 0 heterocycles. The van der Waals surface area contributed by atoms with Crippen LogP contribution in [-0.2, 0) is 0 Å². The summed E-state index contributed by atoms with van der Waals surface area (Å²) < 4.78 is 5.34. The summed E-state index contributed by atoms with van der Waals surface area (Å²) >= 11 is 0.